The molecule has 0 spiro atoms. The SMILES string of the molecule is CCC(=O)C[C@@]1(C)C(=O)N(C2CCN([C@@]3(C)CCCc4ccccc43)CC2)c2ccccc21.CCC(=O)C[C@@]1(C)C(=O)N(C2CCN([C@@]3(C)CCCc4ccccc43)CC2)c2ccccc21.CCC(=O)C[C@]1(C)C(=O)N(C2CCN([C@@]3(C)CCCc4ccccc43)CC2)c2ccccc21.CCC(=O)C[C@]1(C)CN(C2CCN([C@@]3(C)CCCc4ccccc43)CC2)c2ccccc21. The summed E-state index contributed by atoms with van der Waals surface area (Å²) in [7, 11) is 0. The fourth-order valence-electron chi connectivity index (χ4n) is 26.8. The highest BCUT2D eigenvalue weighted by Crippen LogP contribution is 2.54. The summed E-state index contributed by atoms with van der Waals surface area (Å²) in [5.74, 6) is 1.17. The van der Waals surface area contributed by atoms with E-state index in [0.29, 0.717) is 63.2 Å². The number of amides is 3. The predicted molar refractivity (Wildman–Crippen MR) is 530 cm³/mol. The van der Waals surface area contributed by atoms with Gasteiger partial charge in [0.05, 0.1) is 16.2 Å². The largest absolute Gasteiger partial charge is 0.367 e. The van der Waals surface area contributed by atoms with Crippen molar-refractivity contribution in [3.8, 4) is 0 Å². The molecule has 4 fully saturated rings. The van der Waals surface area contributed by atoms with Crippen LogP contribution in [0.2, 0.25) is 0 Å². The first-order valence-electron chi connectivity index (χ1n) is 50.7. The molecule has 0 N–H and O–H groups in total. The summed E-state index contributed by atoms with van der Waals surface area (Å²) in [6.45, 7) is 34.8. The summed E-state index contributed by atoms with van der Waals surface area (Å²) in [5.41, 5.74) is 19.0. The fraction of sp³-hybridized carbons (Fsp3) is 0.526. The lowest BCUT2D eigenvalue weighted by Gasteiger charge is -2.49. The van der Waals surface area contributed by atoms with Crippen molar-refractivity contribution in [2.75, 3.05) is 78.5 Å². The number of para-hydroxylation sites is 4. The van der Waals surface area contributed by atoms with Gasteiger partial charge in [-0.1, -0.05) is 204 Å². The zero-order chi connectivity index (χ0) is 92.0. The monoisotopic (exact) mass is 1760 g/mol. The first kappa shape index (κ1) is 93.3. The normalized spacial score (nSPS) is 28.1. The molecule has 8 atom stereocenters. The van der Waals surface area contributed by atoms with Crippen LogP contribution in [-0.2, 0) is 103 Å². The van der Waals surface area contributed by atoms with Gasteiger partial charge in [0.1, 0.15) is 23.1 Å². The molecule has 12 aliphatic rings. The number of rotatable bonds is 20. The maximum atomic E-state index is 13.8. The Bertz CT molecular complexity index is 5150. The van der Waals surface area contributed by atoms with E-state index >= 15 is 0 Å². The van der Waals surface area contributed by atoms with Gasteiger partial charge in [-0.3, -0.25) is 53.2 Å². The van der Waals surface area contributed by atoms with Crippen LogP contribution in [-0.4, -0.2) is 144 Å². The highest BCUT2D eigenvalue weighted by atomic mass is 16.2. The van der Waals surface area contributed by atoms with Crippen LogP contribution in [0.15, 0.2) is 194 Å². The van der Waals surface area contributed by atoms with E-state index in [4.69, 9.17) is 0 Å². The van der Waals surface area contributed by atoms with E-state index in [0.717, 1.165) is 131 Å². The van der Waals surface area contributed by atoms with Crippen molar-refractivity contribution in [2.45, 2.75) is 331 Å². The molecule has 4 saturated heterocycles. The molecule has 0 saturated carbocycles. The van der Waals surface area contributed by atoms with Crippen molar-refractivity contribution >= 4 is 63.6 Å². The number of hydrogen-bond donors (Lipinski definition) is 0. The van der Waals surface area contributed by atoms with Crippen molar-refractivity contribution < 1.29 is 33.6 Å². The van der Waals surface area contributed by atoms with Gasteiger partial charge in [0.25, 0.3) is 0 Å². The number of hydrogen-bond acceptors (Lipinski definition) is 12. The number of fused-ring (bicyclic) bond motifs is 8. The highest BCUT2D eigenvalue weighted by Gasteiger charge is 2.56. The van der Waals surface area contributed by atoms with Gasteiger partial charge in [-0.2, -0.15) is 0 Å². The molecule has 8 aliphatic heterocycles. The predicted octanol–water partition coefficient (Wildman–Crippen LogP) is 22.0. The minimum absolute atomic E-state index is 0.0604. The van der Waals surface area contributed by atoms with Crippen LogP contribution in [0.4, 0.5) is 22.7 Å². The zero-order valence-electron chi connectivity index (χ0n) is 80.9. The van der Waals surface area contributed by atoms with Crippen molar-refractivity contribution in [3.63, 3.8) is 0 Å². The first-order valence-corrected chi connectivity index (χ1v) is 50.7. The van der Waals surface area contributed by atoms with E-state index in [1.165, 1.54) is 135 Å². The Balaban J connectivity index is 0.000000122. The second-order valence-corrected chi connectivity index (χ2v) is 42.6. The molecule has 8 aromatic rings. The molecule has 4 aliphatic carbocycles. The summed E-state index contributed by atoms with van der Waals surface area (Å²) in [4.78, 5) is 111. The second kappa shape index (κ2) is 38.1. The molecule has 8 aromatic carbocycles. The molecule has 131 heavy (non-hydrogen) atoms. The number of carbonyl (C=O) groups is 7. The molecule has 15 nitrogen and oxygen atoms in total. The number of benzene rings is 8. The first-order chi connectivity index (χ1) is 63.1. The third kappa shape index (κ3) is 17.2. The standard InChI is InChI=1S/3C29H36N2O2.C29H38N2O/c3*1-4-23(32)20-28(2)25-13-7-8-14-26(25)31(27(28)33)22-15-18-30(19-16-22)29(3)17-9-11-21-10-5-6-12-24(21)29;1-4-24(32)20-28(2)21-31(27-14-8-7-13-26(27)28)23-15-18-30(19-16-23)29(3)17-9-11-22-10-5-6-12-25(22)29/h3*5-8,10,12-14,22H,4,9,11,15-20H2,1-3H3;5-8,10,12-14,23H,4,9,11,15-21H2,1-3H3/t2*28-,29+;28-,29-;28-,29+/m1101/s1. The second-order valence-electron chi connectivity index (χ2n) is 42.6. The van der Waals surface area contributed by atoms with Crippen LogP contribution in [0.5, 0.6) is 0 Å². The topological polar surface area (TPSA) is 145 Å². The third-order valence-corrected chi connectivity index (χ3v) is 34.6. The van der Waals surface area contributed by atoms with Crippen molar-refractivity contribution in [2.24, 2.45) is 0 Å². The number of likely N-dealkylation sites (tertiary alicyclic amines) is 4. The van der Waals surface area contributed by atoms with E-state index in [1.807, 2.05) is 118 Å². The van der Waals surface area contributed by atoms with Gasteiger partial charge < -0.3 is 19.6 Å². The average Bonchev–Trinajstić information content (AvgIpc) is 1.58. The molecule has 20 rings (SSSR count). The Kier molecular flexibility index (Phi) is 27.1. The Morgan fingerprint density at radius 2 is 0.496 bits per heavy atom. The lowest BCUT2D eigenvalue weighted by molar-refractivity contribution is -0.128. The molecule has 15 heteroatoms. The van der Waals surface area contributed by atoms with Gasteiger partial charge in [0.2, 0.25) is 17.7 Å². The molecular weight excluding hydrogens is 1620 g/mol. The Hall–Kier alpha value is -9.51. The Morgan fingerprint density at radius 1 is 0.275 bits per heavy atom. The number of carbonyl (C=O) groups excluding carboxylic acids is 7. The number of Topliss-reactive ketones (excluding diaryl/α,β-unsaturated/α-hetero) is 4. The summed E-state index contributed by atoms with van der Waals surface area (Å²) >= 11 is 0. The molecule has 0 unspecified atom stereocenters. The van der Waals surface area contributed by atoms with Gasteiger partial charge in [-0.25, -0.2) is 0 Å². The van der Waals surface area contributed by atoms with Crippen molar-refractivity contribution in [3.05, 3.63) is 261 Å². The Labute approximate surface area is 782 Å². The van der Waals surface area contributed by atoms with E-state index in [1.54, 1.807) is 11.1 Å². The summed E-state index contributed by atoms with van der Waals surface area (Å²) in [6, 6.07) is 70.3. The van der Waals surface area contributed by atoms with Gasteiger partial charge in [-0.05, 0) is 268 Å². The number of aryl methyl sites for hydroxylation is 4. The van der Waals surface area contributed by atoms with Crippen LogP contribution < -0.4 is 19.6 Å². The van der Waals surface area contributed by atoms with Crippen molar-refractivity contribution in [1.82, 2.24) is 19.6 Å². The molecule has 3 amide bonds. The molecule has 0 radical (unpaired) electrons. The third-order valence-electron chi connectivity index (χ3n) is 34.6. The number of nitrogens with zero attached hydrogens (tertiary/aromatic N) is 8. The van der Waals surface area contributed by atoms with Crippen LogP contribution in [0.25, 0.3) is 0 Å². The number of piperidine rings is 4. The fourth-order valence-corrected chi connectivity index (χ4v) is 26.8. The zero-order valence-corrected chi connectivity index (χ0v) is 80.9. The minimum atomic E-state index is -0.741. The quantitative estimate of drug-likeness (QED) is 0.0716. The van der Waals surface area contributed by atoms with Gasteiger partial charge in [0.15, 0.2) is 0 Å². The molecule has 8 heterocycles. The van der Waals surface area contributed by atoms with Crippen LogP contribution in [0.3, 0.4) is 0 Å². The lowest BCUT2D eigenvalue weighted by atomic mass is 9.75. The summed E-state index contributed by atoms with van der Waals surface area (Å²) < 4.78 is 0. The lowest BCUT2D eigenvalue weighted by Crippen LogP contribution is -2.54. The molecule has 692 valence electrons. The van der Waals surface area contributed by atoms with Crippen LogP contribution >= 0.6 is 0 Å². The van der Waals surface area contributed by atoms with E-state index in [-0.39, 0.29) is 80.8 Å². The van der Waals surface area contributed by atoms with E-state index < -0.39 is 16.2 Å². The van der Waals surface area contributed by atoms with Gasteiger partial charge in [0, 0.05) is 185 Å². The van der Waals surface area contributed by atoms with Crippen molar-refractivity contribution in [1.29, 1.82) is 0 Å². The molecule has 0 aromatic heterocycles. The Morgan fingerprint density at radius 3 is 0.763 bits per heavy atom. The van der Waals surface area contributed by atoms with E-state index in [9.17, 15) is 33.6 Å². The smallest absolute Gasteiger partial charge is 0.238 e. The van der Waals surface area contributed by atoms with E-state index in [2.05, 4.69) is 199 Å². The van der Waals surface area contributed by atoms with Crippen LogP contribution in [0, 0.1) is 0 Å². The number of ketones is 4. The maximum absolute atomic E-state index is 13.8. The van der Waals surface area contributed by atoms with Gasteiger partial charge in [-0.15, -0.1) is 0 Å². The summed E-state index contributed by atoms with van der Waals surface area (Å²) in [5, 5.41) is 0. The molecule has 0 bridgehead atoms. The maximum Gasteiger partial charge on any atom is 0.238 e. The minimum Gasteiger partial charge on any atom is -0.367 e. The van der Waals surface area contributed by atoms with Gasteiger partial charge >= 0.3 is 0 Å². The average molecular weight is 1760 g/mol. The van der Waals surface area contributed by atoms with Crippen LogP contribution in [0.1, 0.15) is 304 Å². The number of anilines is 4. The highest BCUT2D eigenvalue weighted by molar-refractivity contribution is 6.12. The molecular formula is C116H146N8O7. The summed E-state index contributed by atoms with van der Waals surface area (Å²) in [6.07, 6.45) is 26.4.